The smallest absolute Gasteiger partial charge is 0.332 e. The molecule has 2 aliphatic carbocycles. The average Bonchev–Trinajstić information content (AvgIpc) is 3.79. The van der Waals surface area contributed by atoms with E-state index in [1.165, 1.54) is 111 Å². The van der Waals surface area contributed by atoms with E-state index in [-0.39, 0.29) is 12.3 Å². The van der Waals surface area contributed by atoms with Gasteiger partial charge >= 0.3 is 6.85 Å². The van der Waals surface area contributed by atoms with Crippen molar-refractivity contribution in [2.45, 2.75) is 44.4 Å². The average molecular weight is 689 g/mol. The molecule has 254 valence electrons. The zero-order valence-corrected chi connectivity index (χ0v) is 30.9. The van der Waals surface area contributed by atoms with E-state index in [1.54, 1.807) is 0 Å². The molecular weight excluding hydrogens is 651 g/mol. The van der Waals surface area contributed by atoms with Gasteiger partial charge in [-0.2, -0.15) is 0 Å². The third-order valence-corrected chi connectivity index (χ3v) is 13.9. The molecule has 3 aliphatic heterocycles. The zero-order chi connectivity index (χ0) is 35.8. The molecule has 2 nitrogen and oxygen atoms in total. The minimum Gasteiger partial charge on any atom is -0.378 e. The number of aromatic nitrogens is 1. The molecule has 1 aromatic heterocycles. The maximum atomic E-state index is 2.80. The molecule has 0 amide bonds. The molecule has 7 aromatic carbocycles. The van der Waals surface area contributed by atoms with Gasteiger partial charge in [0, 0.05) is 44.5 Å². The molecule has 54 heavy (non-hydrogen) atoms. The van der Waals surface area contributed by atoms with Crippen LogP contribution in [0.2, 0.25) is 0 Å². The molecule has 13 rings (SSSR count). The minimum atomic E-state index is -0.447. The summed E-state index contributed by atoms with van der Waals surface area (Å²) < 4.78 is 2.80. The highest BCUT2D eigenvalue weighted by molar-refractivity contribution is 6.89. The van der Waals surface area contributed by atoms with Gasteiger partial charge in [-0.3, -0.25) is 0 Å². The normalized spacial score (nSPS) is 16.2. The Morgan fingerprint density at radius 1 is 0.537 bits per heavy atom. The summed E-state index contributed by atoms with van der Waals surface area (Å²) in [5, 5.41) is 1.37. The summed E-state index contributed by atoms with van der Waals surface area (Å²) in [7, 11) is 0. The van der Waals surface area contributed by atoms with Crippen molar-refractivity contribution in [3.8, 4) is 33.4 Å². The number of benzene rings is 7. The summed E-state index contributed by atoms with van der Waals surface area (Å²) >= 11 is 0. The number of hydrogen-bond acceptors (Lipinski definition) is 1. The lowest BCUT2D eigenvalue weighted by atomic mass is 9.43. The largest absolute Gasteiger partial charge is 0.378 e. The maximum Gasteiger partial charge on any atom is 0.332 e. The minimum absolute atomic E-state index is 0.0198. The first-order valence-electron chi connectivity index (χ1n) is 19.6. The molecule has 0 saturated heterocycles. The van der Waals surface area contributed by atoms with Crippen LogP contribution in [0.1, 0.15) is 72.7 Å². The van der Waals surface area contributed by atoms with Crippen molar-refractivity contribution in [1.82, 2.24) is 4.48 Å². The highest BCUT2D eigenvalue weighted by Crippen LogP contribution is 2.64. The van der Waals surface area contributed by atoms with Crippen molar-refractivity contribution in [1.29, 1.82) is 0 Å². The Morgan fingerprint density at radius 2 is 1.15 bits per heavy atom. The lowest BCUT2D eigenvalue weighted by Crippen LogP contribution is -2.59. The predicted molar refractivity (Wildman–Crippen MR) is 225 cm³/mol. The van der Waals surface area contributed by atoms with E-state index in [2.05, 4.69) is 183 Å². The molecule has 1 spiro atoms. The van der Waals surface area contributed by atoms with Gasteiger partial charge in [-0.25, -0.2) is 0 Å². The Kier molecular flexibility index (Phi) is 5.19. The zero-order valence-electron chi connectivity index (χ0n) is 30.9. The fourth-order valence-corrected chi connectivity index (χ4v) is 11.9. The monoisotopic (exact) mass is 688 g/mol. The summed E-state index contributed by atoms with van der Waals surface area (Å²) in [4.78, 5) is 2.67. The van der Waals surface area contributed by atoms with E-state index >= 15 is 0 Å². The first kappa shape index (κ1) is 29.4. The van der Waals surface area contributed by atoms with Crippen LogP contribution in [-0.4, -0.2) is 11.3 Å². The highest BCUT2D eigenvalue weighted by atomic mass is 15.2. The molecule has 4 heterocycles. The van der Waals surface area contributed by atoms with Crippen molar-refractivity contribution < 1.29 is 0 Å². The van der Waals surface area contributed by atoms with Crippen LogP contribution in [0.15, 0.2) is 146 Å². The van der Waals surface area contributed by atoms with Crippen LogP contribution in [-0.2, 0) is 10.8 Å². The Labute approximate surface area is 316 Å². The predicted octanol–water partition coefficient (Wildman–Crippen LogP) is 11.2. The van der Waals surface area contributed by atoms with Gasteiger partial charge < -0.3 is 9.38 Å². The second-order valence-electron chi connectivity index (χ2n) is 17.0. The number of nitrogens with zero attached hydrogens (tertiary/aromatic N) is 2. The number of anilines is 3. The Hall–Kier alpha value is -6.06. The standard InChI is InChI=1S/C51H37BN2/c1-29(2)30-27-36-33-18-13-19-35-45-34-17-7-8-20-37(34)50(3,4)49(45)54(47(33)35)52-42-25-14-24-41-48(42)53(44(28-30)46(36)52)43-26-12-11-23-40(43)51(41)38-21-9-5-15-31(38)32-16-6-10-22-39(32)51/h5-29H,1-4H3. The van der Waals surface area contributed by atoms with Gasteiger partial charge in [-0.05, 0) is 84.6 Å². The Bertz CT molecular complexity index is 2990. The van der Waals surface area contributed by atoms with Gasteiger partial charge in [0.15, 0.2) is 0 Å². The molecule has 0 unspecified atom stereocenters. The van der Waals surface area contributed by atoms with Crippen molar-refractivity contribution >= 4 is 45.7 Å². The molecule has 8 aromatic rings. The van der Waals surface area contributed by atoms with Crippen LogP contribution in [0.3, 0.4) is 0 Å². The van der Waals surface area contributed by atoms with Gasteiger partial charge in [0.25, 0.3) is 0 Å². The second kappa shape index (κ2) is 9.54. The quantitative estimate of drug-likeness (QED) is 0.156. The van der Waals surface area contributed by atoms with Crippen LogP contribution in [0.4, 0.5) is 17.1 Å². The van der Waals surface area contributed by atoms with E-state index in [0.717, 1.165) is 0 Å². The van der Waals surface area contributed by atoms with Gasteiger partial charge in [0.2, 0.25) is 0 Å². The molecule has 0 fully saturated rings. The third kappa shape index (κ3) is 3.07. The third-order valence-electron chi connectivity index (χ3n) is 13.9. The Morgan fingerprint density at radius 3 is 1.89 bits per heavy atom. The van der Waals surface area contributed by atoms with Crippen molar-refractivity contribution in [3.63, 3.8) is 0 Å². The number of rotatable bonds is 1. The van der Waals surface area contributed by atoms with E-state index in [1.807, 2.05) is 0 Å². The molecule has 5 aliphatic rings. The van der Waals surface area contributed by atoms with Crippen molar-refractivity contribution in [2.75, 3.05) is 4.90 Å². The van der Waals surface area contributed by atoms with E-state index in [9.17, 15) is 0 Å². The molecule has 3 heteroatoms. The van der Waals surface area contributed by atoms with E-state index in [4.69, 9.17) is 0 Å². The molecular formula is C51H37BN2. The fraction of sp³-hybridized carbons (Fsp3) is 0.137. The van der Waals surface area contributed by atoms with Gasteiger partial charge in [-0.15, -0.1) is 0 Å². The van der Waals surface area contributed by atoms with Gasteiger partial charge in [-0.1, -0.05) is 161 Å². The SMILES string of the molecule is CC(C)c1cc2c3c(c1)N1c4ccccc4C4(c5ccccc5-c5ccccc54)c4cccc(c41)B3n1c3c(c4cccc-2c41)-c1ccccc1C3(C)C. The van der Waals surface area contributed by atoms with Crippen molar-refractivity contribution in [3.05, 3.63) is 185 Å². The topological polar surface area (TPSA) is 8.17 Å². The van der Waals surface area contributed by atoms with Crippen LogP contribution in [0.25, 0.3) is 44.3 Å². The molecule has 0 saturated carbocycles. The summed E-state index contributed by atoms with van der Waals surface area (Å²) in [6.45, 7) is 9.61. The summed E-state index contributed by atoms with van der Waals surface area (Å²) in [5.74, 6) is 0.380. The van der Waals surface area contributed by atoms with Gasteiger partial charge in [0.05, 0.1) is 11.1 Å². The first-order chi connectivity index (χ1) is 26.4. The first-order valence-corrected chi connectivity index (χ1v) is 19.6. The number of fused-ring (bicyclic) bond motifs is 18. The molecule has 0 radical (unpaired) electrons. The Balaban J connectivity index is 1.23. The number of para-hydroxylation sites is 3. The molecule has 0 N–H and O–H groups in total. The van der Waals surface area contributed by atoms with Crippen molar-refractivity contribution in [2.24, 2.45) is 0 Å². The van der Waals surface area contributed by atoms with Gasteiger partial charge in [0.1, 0.15) is 0 Å². The lowest BCUT2D eigenvalue weighted by Gasteiger charge is -2.50. The van der Waals surface area contributed by atoms with E-state index in [0.29, 0.717) is 5.92 Å². The van der Waals surface area contributed by atoms with Crippen LogP contribution in [0, 0.1) is 0 Å². The van der Waals surface area contributed by atoms with E-state index < -0.39 is 5.41 Å². The summed E-state index contributed by atoms with van der Waals surface area (Å²) in [6, 6.07) is 56.2. The summed E-state index contributed by atoms with van der Waals surface area (Å²) in [5.41, 5.74) is 25.5. The van der Waals surface area contributed by atoms with Crippen LogP contribution >= 0.6 is 0 Å². The molecule has 0 atom stereocenters. The highest BCUT2D eigenvalue weighted by Gasteiger charge is 2.56. The number of hydrogen-bond donors (Lipinski definition) is 0. The lowest BCUT2D eigenvalue weighted by molar-refractivity contribution is 0.632. The fourth-order valence-electron chi connectivity index (χ4n) is 11.9. The summed E-state index contributed by atoms with van der Waals surface area (Å²) in [6.07, 6.45) is 0. The molecule has 0 bridgehead atoms. The van der Waals surface area contributed by atoms with Crippen LogP contribution in [0.5, 0.6) is 0 Å². The second-order valence-corrected chi connectivity index (χ2v) is 17.0. The van der Waals surface area contributed by atoms with Crippen LogP contribution < -0.4 is 15.8 Å². The maximum absolute atomic E-state index is 2.80.